The molecule has 0 aliphatic rings. The van der Waals surface area contributed by atoms with Crippen LogP contribution in [0.25, 0.3) is 0 Å². The first-order valence-corrected chi connectivity index (χ1v) is 8.65. The van der Waals surface area contributed by atoms with Gasteiger partial charge in [0.15, 0.2) is 0 Å². The maximum atomic E-state index is 11.7. The Morgan fingerprint density at radius 3 is 2.20 bits per heavy atom. The molecule has 0 fully saturated rings. The fourth-order valence-electron chi connectivity index (χ4n) is 1.98. The van der Waals surface area contributed by atoms with Gasteiger partial charge in [0.05, 0.1) is 5.92 Å². The lowest BCUT2D eigenvalue weighted by Gasteiger charge is -2.17. The molecule has 25 heavy (non-hydrogen) atoms. The SMILES string of the molecule is CC(C)(C)OC=O.CN(C)c1ccc(C(CCCCl)C(=O)NN)cc1. The Bertz CT molecular complexity index is 513. The molecule has 7 heteroatoms. The summed E-state index contributed by atoms with van der Waals surface area (Å²) in [4.78, 5) is 23.4. The molecule has 3 N–H and O–H groups in total. The van der Waals surface area contributed by atoms with E-state index in [-0.39, 0.29) is 17.4 Å². The standard InChI is InChI=1S/C13H20ClN3O.C5H10O2/c1-17(2)11-7-5-10(6-8-11)12(4-3-9-14)13(18)16-15;1-5(2,3)7-4-6/h5-8,12H,3-4,9,15H2,1-2H3,(H,16,18);4H,1-3H3. The van der Waals surface area contributed by atoms with E-state index in [2.05, 4.69) is 10.2 Å². The van der Waals surface area contributed by atoms with Gasteiger partial charge < -0.3 is 9.64 Å². The third-order valence-corrected chi connectivity index (χ3v) is 3.57. The average Bonchev–Trinajstić information content (AvgIpc) is 2.54. The minimum absolute atomic E-state index is 0.169. The third kappa shape index (κ3) is 9.94. The second-order valence-corrected chi connectivity index (χ2v) is 7.08. The van der Waals surface area contributed by atoms with Crippen molar-refractivity contribution in [3.63, 3.8) is 0 Å². The van der Waals surface area contributed by atoms with Gasteiger partial charge in [-0.15, -0.1) is 11.6 Å². The van der Waals surface area contributed by atoms with E-state index in [1.54, 1.807) is 0 Å². The number of carbonyl (C=O) groups is 2. The lowest BCUT2D eigenvalue weighted by atomic mass is 9.93. The van der Waals surface area contributed by atoms with Crippen molar-refractivity contribution in [3.8, 4) is 0 Å². The molecule has 0 spiro atoms. The van der Waals surface area contributed by atoms with Crippen LogP contribution in [0.5, 0.6) is 0 Å². The van der Waals surface area contributed by atoms with Gasteiger partial charge in [-0.05, 0) is 51.3 Å². The Hall–Kier alpha value is -1.79. The molecule has 0 saturated carbocycles. The number of anilines is 1. The van der Waals surface area contributed by atoms with Gasteiger partial charge in [-0.3, -0.25) is 15.0 Å². The number of hydrazine groups is 1. The largest absolute Gasteiger partial charge is 0.462 e. The van der Waals surface area contributed by atoms with Crippen LogP contribution in [0.15, 0.2) is 24.3 Å². The molecule has 0 saturated heterocycles. The summed E-state index contributed by atoms with van der Waals surface area (Å²) < 4.78 is 4.55. The van der Waals surface area contributed by atoms with Crippen molar-refractivity contribution >= 4 is 29.7 Å². The Balaban J connectivity index is 0.000000697. The lowest BCUT2D eigenvalue weighted by molar-refractivity contribution is -0.138. The monoisotopic (exact) mass is 371 g/mol. The number of nitrogens with two attached hydrogens (primary N) is 1. The quantitative estimate of drug-likeness (QED) is 0.253. The molecule has 1 aromatic carbocycles. The number of benzene rings is 1. The molecule has 1 aromatic rings. The molecule has 1 amide bonds. The van der Waals surface area contributed by atoms with Crippen LogP contribution in [-0.2, 0) is 14.3 Å². The normalized spacial score (nSPS) is 11.6. The highest BCUT2D eigenvalue weighted by atomic mass is 35.5. The molecule has 0 aromatic heterocycles. The molecule has 0 bridgehead atoms. The number of halogens is 1. The third-order valence-electron chi connectivity index (χ3n) is 3.30. The van der Waals surface area contributed by atoms with E-state index in [1.165, 1.54) is 0 Å². The summed E-state index contributed by atoms with van der Waals surface area (Å²) in [5, 5.41) is 0. The zero-order valence-corrected chi connectivity index (χ0v) is 16.5. The second-order valence-electron chi connectivity index (χ2n) is 6.70. The van der Waals surface area contributed by atoms with Gasteiger partial charge in [-0.1, -0.05) is 12.1 Å². The van der Waals surface area contributed by atoms with E-state index < -0.39 is 0 Å². The smallest absolute Gasteiger partial charge is 0.293 e. The molecular weight excluding hydrogens is 342 g/mol. The minimum atomic E-state index is -0.318. The van der Waals surface area contributed by atoms with Crippen LogP contribution in [0.4, 0.5) is 5.69 Å². The summed E-state index contributed by atoms with van der Waals surface area (Å²) in [6, 6.07) is 7.91. The van der Waals surface area contributed by atoms with Crippen molar-refractivity contribution in [2.75, 3.05) is 24.9 Å². The van der Waals surface area contributed by atoms with Crippen LogP contribution < -0.4 is 16.2 Å². The van der Waals surface area contributed by atoms with E-state index in [4.69, 9.17) is 17.4 Å². The maximum Gasteiger partial charge on any atom is 0.293 e. The molecule has 1 unspecified atom stereocenters. The second kappa shape index (κ2) is 11.7. The summed E-state index contributed by atoms with van der Waals surface area (Å²) in [7, 11) is 3.96. The number of rotatable bonds is 7. The van der Waals surface area contributed by atoms with Gasteiger partial charge in [-0.25, -0.2) is 5.84 Å². The van der Waals surface area contributed by atoms with Crippen LogP contribution in [-0.4, -0.2) is 38.0 Å². The van der Waals surface area contributed by atoms with Crippen LogP contribution in [0.3, 0.4) is 0 Å². The van der Waals surface area contributed by atoms with E-state index >= 15 is 0 Å². The van der Waals surface area contributed by atoms with Crippen molar-refractivity contribution in [3.05, 3.63) is 29.8 Å². The zero-order chi connectivity index (χ0) is 19.5. The summed E-state index contributed by atoms with van der Waals surface area (Å²) in [5.74, 6) is 5.36. The van der Waals surface area contributed by atoms with Crippen molar-refractivity contribution in [1.29, 1.82) is 0 Å². The van der Waals surface area contributed by atoms with Gasteiger partial charge in [-0.2, -0.15) is 0 Å². The Morgan fingerprint density at radius 1 is 1.32 bits per heavy atom. The van der Waals surface area contributed by atoms with Gasteiger partial charge in [0.25, 0.3) is 6.47 Å². The fraction of sp³-hybridized carbons (Fsp3) is 0.556. The number of hydrogen-bond acceptors (Lipinski definition) is 5. The van der Waals surface area contributed by atoms with E-state index in [0.29, 0.717) is 18.8 Å². The Kier molecular flexibility index (Phi) is 10.9. The highest BCUT2D eigenvalue weighted by Gasteiger charge is 2.19. The summed E-state index contributed by atoms with van der Waals surface area (Å²) in [5.41, 5.74) is 3.97. The van der Waals surface area contributed by atoms with Gasteiger partial charge in [0.1, 0.15) is 5.60 Å². The zero-order valence-electron chi connectivity index (χ0n) is 15.7. The molecule has 0 radical (unpaired) electrons. The molecule has 1 rings (SSSR count). The number of carbonyl (C=O) groups excluding carboxylic acids is 2. The van der Waals surface area contributed by atoms with Gasteiger partial charge >= 0.3 is 0 Å². The number of nitrogens with one attached hydrogen (secondary N) is 1. The Morgan fingerprint density at radius 2 is 1.88 bits per heavy atom. The summed E-state index contributed by atoms with van der Waals surface area (Å²) >= 11 is 5.68. The van der Waals surface area contributed by atoms with Crippen LogP contribution in [0.2, 0.25) is 0 Å². The van der Waals surface area contributed by atoms with Crippen molar-refractivity contribution in [2.24, 2.45) is 5.84 Å². The first-order valence-electron chi connectivity index (χ1n) is 8.11. The first kappa shape index (κ1) is 23.2. The molecule has 142 valence electrons. The van der Waals surface area contributed by atoms with Crippen LogP contribution in [0.1, 0.15) is 45.1 Å². The number of alkyl halides is 1. The molecule has 0 aliphatic carbocycles. The molecular formula is C18H30ClN3O3. The number of hydrogen-bond donors (Lipinski definition) is 2. The first-order chi connectivity index (χ1) is 11.7. The van der Waals surface area contributed by atoms with Gasteiger partial charge in [0, 0.05) is 25.7 Å². The predicted octanol–water partition coefficient (Wildman–Crippen LogP) is 2.80. The molecule has 6 nitrogen and oxygen atoms in total. The van der Waals surface area contributed by atoms with Gasteiger partial charge in [0.2, 0.25) is 5.91 Å². The van der Waals surface area contributed by atoms with Crippen LogP contribution in [0, 0.1) is 0 Å². The minimum Gasteiger partial charge on any atom is -0.462 e. The van der Waals surface area contributed by atoms with E-state index in [9.17, 15) is 9.59 Å². The maximum absolute atomic E-state index is 11.7. The topological polar surface area (TPSA) is 84.7 Å². The fourth-order valence-corrected chi connectivity index (χ4v) is 2.13. The van der Waals surface area contributed by atoms with Crippen molar-refractivity contribution < 1.29 is 14.3 Å². The lowest BCUT2D eigenvalue weighted by Crippen LogP contribution is -2.34. The molecule has 0 aliphatic heterocycles. The molecule has 1 atom stereocenters. The van der Waals surface area contributed by atoms with E-state index in [0.717, 1.165) is 17.7 Å². The summed E-state index contributed by atoms with van der Waals surface area (Å²) in [6.07, 6.45) is 1.49. The number of ether oxygens (including phenoxy) is 1. The van der Waals surface area contributed by atoms with Crippen molar-refractivity contribution in [1.82, 2.24) is 5.43 Å². The summed E-state index contributed by atoms with van der Waals surface area (Å²) in [6.45, 7) is 5.92. The van der Waals surface area contributed by atoms with Crippen LogP contribution >= 0.6 is 11.6 Å². The predicted molar refractivity (Wildman–Crippen MR) is 103 cm³/mol. The number of nitrogens with zero attached hydrogens (tertiary/aromatic N) is 1. The number of amides is 1. The average molecular weight is 372 g/mol. The Labute approximate surface area is 155 Å². The molecule has 0 heterocycles. The van der Waals surface area contributed by atoms with Crippen molar-refractivity contribution in [2.45, 2.75) is 45.1 Å². The highest BCUT2D eigenvalue weighted by molar-refractivity contribution is 6.17. The van der Waals surface area contributed by atoms with E-state index in [1.807, 2.05) is 64.0 Å². The highest BCUT2D eigenvalue weighted by Crippen LogP contribution is 2.24.